The van der Waals surface area contributed by atoms with Gasteiger partial charge in [0, 0.05) is 27.6 Å². The van der Waals surface area contributed by atoms with E-state index in [4.69, 9.17) is 5.73 Å². The minimum absolute atomic E-state index is 0. The van der Waals surface area contributed by atoms with Crippen molar-refractivity contribution >= 4 is 46.4 Å². The number of aliphatic imine (C=N–C) groups is 1. The molecule has 2 rings (SSSR count). The monoisotopic (exact) mass is 443 g/mol. The number of halogens is 1. The van der Waals surface area contributed by atoms with Crippen molar-refractivity contribution in [3.05, 3.63) is 59.7 Å². The molecule has 23 heavy (non-hydrogen) atoms. The predicted molar refractivity (Wildman–Crippen MR) is 109 cm³/mol. The zero-order valence-corrected chi connectivity index (χ0v) is 16.4. The number of nitrogens with one attached hydrogen (secondary N) is 1. The van der Waals surface area contributed by atoms with Gasteiger partial charge in [-0.25, -0.2) is 4.99 Å². The van der Waals surface area contributed by atoms with Gasteiger partial charge in [0.05, 0.1) is 6.54 Å². The second kappa shape index (κ2) is 9.67. The normalized spacial score (nSPS) is 12.3. The lowest BCUT2D eigenvalue weighted by atomic mass is 10.1. The molecule has 1 unspecified atom stereocenters. The molecule has 3 N–H and O–H groups in total. The van der Waals surface area contributed by atoms with Crippen LogP contribution in [0.1, 0.15) is 18.1 Å². The van der Waals surface area contributed by atoms with E-state index < -0.39 is 10.8 Å². The van der Waals surface area contributed by atoms with Crippen LogP contribution in [0.15, 0.2) is 58.4 Å². The van der Waals surface area contributed by atoms with Crippen molar-refractivity contribution < 1.29 is 4.21 Å². The number of anilines is 1. The third-order valence-electron chi connectivity index (χ3n) is 3.32. The smallest absolute Gasteiger partial charge is 0.193 e. The number of guanidine groups is 1. The summed E-state index contributed by atoms with van der Waals surface area (Å²) in [7, 11) is -0.952. The highest BCUT2D eigenvalue weighted by molar-refractivity contribution is 14.0. The fraction of sp³-hybridized carbons (Fsp3) is 0.235. The van der Waals surface area contributed by atoms with Gasteiger partial charge in [0.15, 0.2) is 5.96 Å². The number of aryl methyl sites for hydroxylation is 1. The first kappa shape index (κ1) is 19.6. The Kier molecular flexibility index (Phi) is 8.25. The Hall–Kier alpha value is -1.41. The van der Waals surface area contributed by atoms with E-state index in [-0.39, 0.29) is 24.0 Å². The molecule has 2 aromatic carbocycles. The lowest BCUT2D eigenvalue weighted by Gasteiger charge is -2.06. The second-order valence-electron chi connectivity index (χ2n) is 4.98. The number of nitrogens with zero attached hydrogens (tertiary/aromatic N) is 1. The molecule has 0 radical (unpaired) electrons. The molecule has 0 aliphatic rings. The molecule has 0 aliphatic heterocycles. The van der Waals surface area contributed by atoms with Gasteiger partial charge in [0.2, 0.25) is 0 Å². The van der Waals surface area contributed by atoms with E-state index in [1.165, 1.54) is 5.56 Å². The second-order valence-corrected chi connectivity index (χ2v) is 6.35. The quantitative estimate of drug-likeness (QED) is 0.422. The van der Waals surface area contributed by atoms with Crippen molar-refractivity contribution in [1.29, 1.82) is 0 Å². The molecule has 0 spiro atoms. The lowest BCUT2D eigenvalue weighted by molar-refractivity contribution is 0.687. The van der Waals surface area contributed by atoms with Crippen molar-refractivity contribution in [2.75, 3.05) is 11.6 Å². The fourth-order valence-corrected chi connectivity index (χ4v) is 2.49. The minimum atomic E-state index is -0.952. The van der Waals surface area contributed by atoms with Gasteiger partial charge in [0.1, 0.15) is 0 Å². The van der Waals surface area contributed by atoms with Crippen LogP contribution in [0, 0.1) is 0 Å². The summed E-state index contributed by atoms with van der Waals surface area (Å²) in [6.07, 6.45) is 2.68. The summed E-state index contributed by atoms with van der Waals surface area (Å²) in [4.78, 5) is 5.13. The Labute approximate surface area is 157 Å². The standard InChI is InChI=1S/C17H21N3OS.HI/c1-3-13-4-8-15(9-5-13)20-17(18)19-12-14-6-10-16(11-7-14)22(2)21;/h4-11H,3,12H2,1-2H3,(H3,18,19,20);1H. The maximum atomic E-state index is 11.3. The molecule has 0 fully saturated rings. The number of nitrogens with two attached hydrogens (primary N) is 1. The Morgan fingerprint density at radius 3 is 2.17 bits per heavy atom. The van der Waals surface area contributed by atoms with Crippen molar-refractivity contribution in [3.8, 4) is 0 Å². The molecule has 1 atom stereocenters. The molecular weight excluding hydrogens is 421 g/mol. The van der Waals surface area contributed by atoms with E-state index in [2.05, 4.69) is 29.4 Å². The van der Waals surface area contributed by atoms with Gasteiger partial charge in [-0.05, 0) is 41.8 Å². The molecular formula is C17H22IN3OS. The van der Waals surface area contributed by atoms with E-state index in [1.807, 2.05) is 36.4 Å². The van der Waals surface area contributed by atoms with Gasteiger partial charge in [-0.2, -0.15) is 0 Å². The van der Waals surface area contributed by atoms with Gasteiger partial charge in [0.25, 0.3) is 0 Å². The van der Waals surface area contributed by atoms with Crippen LogP contribution in [0.2, 0.25) is 0 Å². The Morgan fingerprint density at radius 1 is 1.09 bits per heavy atom. The van der Waals surface area contributed by atoms with Gasteiger partial charge in [-0.15, -0.1) is 24.0 Å². The molecule has 2 aromatic rings. The van der Waals surface area contributed by atoms with E-state index in [9.17, 15) is 4.21 Å². The summed E-state index contributed by atoms with van der Waals surface area (Å²) in [5.74, 6) is 0.382. The molecule has 4 nitrogen and oxygen atoms in total. The summed E-state index contributed by atoms with van der Waals surface area (Å²) < 4.78 is 11.3. The summed E-state index contributed by atoms with van der Waals surface area (Å²) in [5.41, 5.74) is 9.13. The largest absolute Gasteiger partial charge is 0.370 e. The number of rotatable bonds is 5. The number of hydrogen-bond acceptors (Lipinski definition) is 2. The zero-order valence-electron chi connectivity index (χ0n) is 13.3. The first-order valence-corrected chi connectivity index (χ1v) is 8.72. The fourth-order valence-electron chi connectivity index (χ4n) is 1.97. The first-order valence-electron chi connectivity index (χ1n) is 7.16. The summed E-state index contributed by atoms with van der Waals surface area (Å²) in [5, 5.41) is 3.07. The average molecular weight is 443 g/mol. The van der Waals surface area contributed by atoms with Crippen LogP contribution in [0.4, 0.5) is 5.69 Å². The number of hydrogen-bond donors (Lipinski definition) is 2. The molecule has 0 bridgehead atoms. The van der Waals surface area contributed by atoms with E-state index >= 15 is 0 Å². The molecule has 0 aliphatic carbocycles. The highest BCUT2D eigenvalue weighted by atomic mass is 127. The third kappa shape index (κ3) is 6.31. The van der Waals surface area contributed by atoms with Gasteiger partial charge >= 0.3 is 0 Å². The topological polar surface area (TPSA) is 67.5 Å². The molecule has 0 saturated heterocycles. The van der Waals surface area contributed by atoms with Crippen LogP contribution < -0.4 is 11.1 Å². The Balaban J connectivity index is 0.00000264. The highest BCUT2D eigenvalue weighted by Crippen LogP contribution is 2.11. The van der Waals surface area contributed by atoms with Gasteiger partial charge in [-0.1, -0.05) is 31.2 Å². The Morgan fingerprint density at radius 2 is 1.65 bits per heavy atom. The highest BCUT2D eigenvalue weighted by Gasteiger charge is 1.99. The maximum Gasteiger partial charge on any atom is 0.193 e. The van der Waals surface area contributed by atoms with Crippen LogP contribution in [-0.4, -0.2) is 16.4 Å². The maximum absolute atomic E-state index is 11.3. The zero-order chi connectivity index (χ0) is 15.9. The summed E-state index contributed by atoms with van der Waals surface area (Å²) >= 11 is 0. The molecule has 6 heteroatoms. The number of benzene rings is 2. The predicted octanol–water partition coefficient (Wildman–Crippen LogP) is 3.53. The molecule has 124 valence electrons. The first-order chi connectivity index (χ1) is 10.6. The molecule has 0 aromatic heterocycles. The van der Waals surface area contributed by atoms with Crippen LogP contribution in [0.5, 0.6) is 0 Å². The average Bonchev–Trinajstić information content (AvgIpc) is 2.54. The van der Waals surface area contributed by atoms with Crippen molar-refractivity contribution in [1.82, 2.24) is 0 Å². The molecule has 0 saturated carbocycles. The minimum Gasteiger partial charge on any atom is -0.370 e. The van der Waals surface area contributed by atoms with Gasteiger partial charge in [-0.3, -0.25) is 4.21 Å². The van der Waals surface area contributed by atoms with E-state index in [0.29, 0.717) is 12.5 Å². The molecule has 0 amide bonds. The van der Waals surface area contributed by atoms with E-state index in [0.717, 1.165) is 22.6 Å². The van der Waals surface area contributed by atoms with Gasteiger partial charge < -0.3 is 11.1 Å². The van der Waals surface area contributed by atoms with Crippen LogP contribution in [0.25, 0.3) is 0 Å². The Bertz CT molecular complexity index is 669. The lowest BCUT2D eigenvalue weighted by Crippen LogP contribution is -2.22. The van der Waals surface area contributed by atoms with Crippen LogP contribution in [-0.2, 0) is 23.8 Å². The third-order valence-corrected chi connectivity index (χ3v) is 4.26. The molecule has 0 heterocycles. The van der Waals surface area contributed by atoms with Crippen molar-refractivity contribution in [2.24, 2.45) is 10.7 Å². The summed E-state index contributed by atoms with van der Waals surface area (Å²) in [6, 6.07) is 15.7. The van der Waals surface area contributed by atoms with E-state index in [1.54, 1.807) is 6.26 Å². The SMILES string of the molecule is CCc1ccc(NC(N)=NCc2ccc(S(C)=O)cc2)cc1.I. The van der Waals surface area contributed by atoms with Crippen molar-refractivity contribution in [2.45, 2.75) is 24.8 Å². The van der Waals surface area contributed by atoms with Crippen LogP contribution in [0.3, 0.4) is 0 Å². The van der Waals surface area contributed by atoms with Crippen molar-refractivity contribution in [3.63, 3.8) is 0 Å². The summed E-state index contributed by atoms with van der Waals surface area (Å²) in [6.45, 7) is 2.61. The van der Waals surface area contributed by atoms with Crippen LogP contribution >= 0.6 is 24.0 Å².